The van der Waals surface area contributed by atoms with E-state index in [0.717, 1.165) is 4.90 Å². The van der Waals surface area contributed by atoms with Crippen molar-refractivity contribution in [1.82, 2.24) is 5.32 Å². The van der Waals surface area contributed by atoms with Gasteiger partial charge in [0.25, 0.3) is 11.8 Å². The van der Waals surface area contributed by atoms with Crippen molar-refractivity contribution in [2.24, 2.45) is 0 Å². The van der Waals surface area contributed by atoms with Gasteiger partial charge in [-0.3, -0.25) is 14.9 Å². The Bertz CT molecular complexity index is 1090. The van der Waals surface area contributed by atoms with Gasteiger partial charge in [0.2, 0.25) is 0 Å². The topological polar surface area (TPSA) is 94.2 Å². The van der Waals surface area contributed by atoms with Crippen LogP contribution in [0.3, 0.4) is 0 Å². The maximum Gasteiger partial charge on any atom is 0.335 e. The number of urea groups is 1. The minimum absolute atomic E-state index is 0.0795. The van der Waals surface area contributed by atoms with Crippen molar-refractivity contribution in [3.63, 3.8) is 0 Å². The number of amides is 4. The maximum absolute atomic E-state index is 13.1. The highest BCUT2D eigenvalue weighted by atomic mass is 79.9. The van der Waals surface area contributed by atoms with Crippen LogP contribution in [0.2, 0.25) is 0 Å². The number of nitrogens with zero attached hydrogens (tertiary/aromatic N) is 1. The summed E-state index contributed by atoms with van der Waals surface area (Å²) in [5.74, 6) is 0.0957. The summed E-state index contributed by atoms with van der Waals surface area (Å²) < 4.78 is 17.5. The van der Waals surface area contributed by atoms with Gasteiger partial charge in [-0.05, 0) is 91.7 Å². The molecule has 4 amide bonds. The lowest BCUT2D eigenvalue weighted by Crippen LogP contribution is -2.54. The Morgan fingerprint density at radius 1 is 1.03 bits per heavy atom. The molecule has 1 saturated heterocycles. The zero-order chi connectivity index (χ0) is 24.1. The number of nitrogens with one attached hydrogen (secondary N) is 1. The Morgan fingerprint density at radius 3 is 2.30 bits per heavy atom. The summed E-state index contributed by atoms with van der Waals surface area (Å²) in [6.45, 7) is 8.39. The first kappa shape index (κ1) is 24.3. The molecule has 2 aromatic carbocycles. The summed E-state index contributed by atoms with van der Waals surface area (Å²) in [5, 5.41) is 2.22. The molecule has 1 aliphatic heterocycles. The molecule has 0 spiro atoms. The first-order valence-electron chi connectivity index (χ1n) is 10.5. The van der Waals surface area contributed by atoms with Crippen LogP contribution in [0, 0.1) is 0 Å². The van der Waals surface area contributed by atoms with Crippen molar-refractivity contribution >= 4 is 45.5 Å². The van der Waals surface area contributed by atoms with Gasteiger partial charge in [0, 0.05) is 0 Å². The monoisotopic (exact) mass is 516 g/mol. The Kier molecular flexibility index (Phi) is 7.75. The Hall–Kier alpha value is -3.33. The van der Waals surface area contributed by atoms with Crippen LogP contribution >= 0.6 is 15.9 Å². The molecule has 2 aromatic rings. The van der Waals surface area contributed by atoms with Crippen molar-refractivity contribution in [3.05, 3.63) is 52.0 Å². The second kappa shape index (κ2) is 10.5. The highest BCUT2D eigenvalue weighted by Gasteiger charge is 2.37. The van der Waals surface area contributed by atoms with Crippen molar-refractivity contribution < 1.29 is 28.6 Å². The number of imide groups is 2. The van der Waals surface area contributed by atoms with E-state index in [9.17, 15) is 14.4 Å². The number of rotatable bonds is 8. The number of benzene rings is 2. The van der Waals surface area contributed by atoms with E-state index >= 15 is 0 Å². The Morgan fingerprint density at radius 2 is 1.70 bits per heavy atom. The van der Waals surface area contributed by atoms with Crippen molar-refractivity contribution in [3.8, 4) is 17.2 Å². The van der Waals surface area contributed by atoms with Crippen LogP contribution in [0.4, 0.5) is 10.5 Å². The summed E-state index contributed by atoms with van der Waals surface area (Å²) in [6, 6.07) is 9.04. The molecule has 0 atom stereocenters. The van der Waals surface area contributed by atoms with Gasteiger partial charge in [0.1, 0.15) is 11.3 Å². The molecule has 1 N–H and O–H groups in total. The van der Waals surface area contributed by atoms with E-state index in [1.54, 1.807) is 36.4 Å². The summed E-state index contributed by atoms with van der Waals surface area (Å²) in [5.41, 5.74) is 0.660. The van der Waals surface area contributed by atoms with Gasteiger partial charge in [-0.2, -0.15) is 0 Å². The van der Waals surface area contributed by atoms with Gasteiger partial charge in [-0.1, -0.05) is 0 Å². The zero-order valence-corrected chi connectivity index (χ0v) is 20.4. The maximum atomic E-state index is 13.1. The largest absolute Gasteiger partial charge is 0.494 e. The molecule has 0 aliphatic carbocycles. The Labute approximate surface area is 200 Å². The van der Waals surface area contributed by atoms with E-state index in [-0.39, 0.29) is 11.7 Å². The lowest BCUT2D eigenvalue weighted by atomic mass is 10.1. The third kappa shape index (κ3) is 5.54. The molecule has 0 bridgehead atoms. The van der Waals surface area contributed by atoms with E-state index < -0.39 is 17.8 Å². The van der Waals surface area contributed by atoms with Crippen LogP contribution in [-0.4, -0.2) is 37.2 Å². The van der Waals surface area contributed by atoms with E-state index in [0.29, 0.717) is 46.2 Å². The van der Waals surface area contributed by atoms with E-state index in [1.165, 1.54) is 6.08 Å². The van der Waals surface area contributed by atoms with Gasteiger partial charge >= 0.3 is 6.03 Å². The molecule has 0 unspecified atom stereocenters. The fourth-order valence-corrected chi connectivity index (χ4v) is 3.75. The molecule has 9 heteroatoms. The number of carbonyl (C=O) groups excluding carboxylic acids is 3. The number of anilines is 1. The molecule has 1 heterocycles. The third-order valence-electron chi connectivity index (χ3n) is 4.50. The van der Waals surface area contributed by atoms with Crippen molar-refractivity contribution in [2.75, 3.05) is 18.1 Å². The average Bonchev–Trinajstić information content (AvgIpc) is 2.75. The van der Waals surface area contributed by atoms with Crippen LogP contribution in [0.5, 0.6) is 17.2 Å². The molecule has 33 heavy (non-hydrogen) atoms. The summed E-state index contributed by atoms with van der Waals surface area (Å²) in [7, 11) is 0. The standard InChI is InChI=1S/C24H25BrN2O6/c1-5-31-17-9-7-16(8-10-17)27-23(29)18(22(28)26-24(27)30)11-15-12-19(25)21(33-14(3)4)20(13-15)32-6-2/h7-14H,5-6H2,1-4H3,(H,26,28,30)/b18-11+. The number of hydrogen-bond donors (Lipinski definition) is 1. The van der Waals surface area contributed by atoms with Crippen LogP contribution in [-0.2, 0) is 9.59 Å². The quantitative estimate of drug-likeness (QED) is 0.403. The number of ether oxygens (including phenoxy) is 3. The first-order valence-corrected chi connectivity index (χ1v) is 11.3. The summed E-state index contributed by atoms with van der Waals surface area (Å²) in [4.78, 5) is 39.0. The van der Waals surface area contributed by atoms with E-state index in [4.69, 9.17) is 14.2 Å². The molecule has 8 nitrogen and oxygen atoms in total. The smallest absolute Gasteiger partial charge is 0.335 e. The van der Waals surface area contributed by atoms with Gasteiger partial charge in [0.15, 0.2) is 11.5 Å². The van der Waals surface area contributed by atoms with E-state index in [1.807, 2.05) is 27.7 Å². The summed E-state index contributed by atoms with van der Waals surface area (Å²) in [6.07, 6.45) is 1.34. The van der Waals surface area contributed by atoms with Gasteiger partial charge in [0.05, 0.1) is 29.5 Å². The predicted octanol–water partition coefficient (Wildman–Crippen LogP) is 4.70. The molecule has 1 aliphatic rings. The van der Waals surface area contributed by atoms with Crippen LogP contribution in [0.25, 0.3) is 6.08 Å². The number of carbonyl (C=O) groups is 3. The molecule has 0 saturated carbocycles. The predicted molar refractivity (Wildman–Crippen MR) is 128 cm³/mol. The first-order chi connectivity index (χ1) is 15.7. The average molecular weight is 517 g/mol. The fraction of sp³-hybridized carbons (Fsp3) is 0.292. The third-order valence-corrected chi connectivity index (χ3v) is 5.09. The minimum atomic E-state index is -0.817. The molecule has 174 valence electrons. The fourth-order valence-electron chi connectivity index (χ4n) is 3.20. The summed E-state index contributed by atoms with van der Waals surface area (Å²) >= 11 is 3.47. The minimum Gasteiger partial charge on any atom is -0.494 e. The lowest BCUT2D eigenvalue weighted by Gasteiger charge is -2.26. The molecule has 0 radical (unpaired) electrons. The lowest BCUT2D eigenvalue weighted by molar-refractivity contribution is -0.122. The molecule has 1 fully saturated rings. The van der Waals surface area contributed by atoms with Crippen LogP contribution in [0.1, 0.15) is 33.3 Å². The highest BCUT2D eigenvalue weighted by molar-refractivity contribution is 9.10. The highest BCUT2D eigenvalue weighted by Crippen LogP contribution is 2.38. The second-order valence-electron chi connectivity index (χ2n) is 7.31. The Balaban J connectivity index is 1.99. The van der Waals surface area contributed by atoms with E-state index in [2.05, 4.69) is 21.2 Å². The van der Waals surface area contributed by atoms with Crippen molar-refractivity contribution in [2.45, 2.75) is 33.8 Å². The van der Waals surface area contributed by atoms with Crippen LogP contribution < -0.4 is 24.4 Å². The molecule has 3 rings (SSSR count). The number of hydrogen-bond acceptors (Lipinski definition) is 6. The van der Waals surface area contributed by atoms with Gasteiger partial charge < -0.3 is 14.2 Å². The zero-order valence-electron chi connectivity index (χ0n) is 18.8. The normalized spacial score (nSPS) is 15.2. The van der Waals surface area contributed by atoms with Crippen LogP contribution in [0.15, 0.2) is 46.4 Å². The van der Waals surface area contributed by atoms with Crippen molar-refractivity contribution in [1.29, 1.82) is 0 Å². The molecule has 0 aromatic heterocycles. The number of halogens is 1. The molecular weight excluding hydrogens is 492 g/mol. The SMILES string of the molecule is CCOc1ccc(N2C(=O)NC(=O)/C(=C\c3cc(Br)c(OC(C)C)c(OCC)c3)C2=O)cc1. The number of barbiturate groups is 1. The van der Waals surface area contributed by atoms with Gasteiger partial charge in [-0.25, -0.2) is 9.69 Å². The second-order valence-corrected chi connectivity index (χ2v) is 8.17. The molecular formula is C24H25BrN2O6. The van der Waals surface area contributed by atoms with Gasteiger partial charge in [-0.15, -0.1) is 0 Å².